The summed E-state index contributed by atoms with van der Waals surface area (Å²) in [5.41, 5.74) is 7.05. The predicted molar refractivity (Wildman–Crippen MR) is 72.9 cm³/mol. The molecule has 7 heteroatoms. The third kappa shape index (κ3) is 2.71. The SMILES string of the molecule is CCOC(=O)c1c(C)nc(-c2ccnc(C)n2)nc1N. The van der Waals surface area contributed by atoms with E-state index in [0.29, 0.717) is 23.0 Å². The summed E-state index contributed by atoms with van der Waals surface area (Å²) in [5, 5.41) is 0. The average molecular weight is 273 g/mol. The number of nitrogens with zero attached hydrogens (tertiary/aromatic N) is 4. The van der Waals surface area contributed by atoms with E-state index < -0.39 is 5.97 Å². The summed E-state index contributed by atoms with van der Waals surface area (Å²) < 4.78 is 4.93. The van der Waals surface area contributed by atoms with Gasteiger partial charge in [0.1, 0.15) is 22.9 Å². The minimum atomic E-state index is -0.520. The number of aryl methyl sites for hydroxylation is 2. The molecular formula is C13H15N5O2. The molecule has 20 heavy (non-hydrogen) atoms. The lowest BCUT2D eigenvalue weighted by molar-refractivity contribution is 0.0526. The number of carbonyl (C=O) groups is 1. The van der Waals surface area contributed by atoms with Crippen LogP contribution in [0, 0.1) is 13.8 Å². The molecule has 0 radical (unpaired) electrons. The van der Waals surface area contributed by atoms with Crippen molar-refractivity contribution in [3.05, 3.63) is 29.3 Å². The fourth-order valence-corrected chi connectivity index (χ4v) is 1.75. The molecular weight excluding hydrogens is 258 g/mol. The van der Waals surface area contributed by atoms with Crippen molar-refractivity contribution < 1.29 is 9.53 Å². The lowest BCUT2D eigenvalue weighted by Gasteiger charge is -2.09. The number of nitrogens with two attached hydrogens (primary N) is 1. The molecule has 0 unspecified atom stereocenters. The first-order chi connectivity index (χ1) is 9.52. The van der Waals surface area contributed by atoms with Crippen molar-refractivity contribution in [2.75, 3.05) is 12.3 Å². The van der Waals surface area contributed by atoms with Gasteiger partial charge in [0.05, 0.1) is 12.3 Å². The maximum Gasteiger partial charge on any atom is 0.343 e. The number of hydrogen-bond donors (Lipinski definition) is 1. The van der Waals surface area contributed by atoms with Gasteiger partial charge in [-0.1, -0.05) is 0 Å². The van der Waals surface area contributed by atoms with Crippen molar-refractivity contribution in [1.29, 1.82) is 0 Å². The molecule has 7 nitrogen and oxygen atoms in total. The van der Waals surface area contributed by atoms with Gasteiger partial charge in [-0.2, -0.15) is 0 Å². The van der Waals surface area contributed by atoms with Crippen molar-refractivity contribution in [1.82, 2.24) is 19.9 Å². The highest BCUT2D eigenvalue weighted by molar-refractivity contribution is 5.95. The van der Waals surface area contributed by atoms with E-state index in [0.717, 1.165) is 0 Å². The van der Waals surface area contributed by atoms with Crippen LogP contribution >= 0.6 is 0 Å². The van der Waals surface area contributed by atoms with Crippen molar-refractivity contribution in [3.63, 3.8) is 0 Å². The second-order valence-corrected chi connectivity index (χ2v) is 4.10. The second kappa shape index (κ2) is 5.60. The smallest absolute Gasteiger partial charge is 0.343 e. The Balaban J connectivity index is 2.47. The number of ether oxygens (including phenoxy) is 1. The normalized spacial score (nSPS) is 10.3. The highest BCUT2D eigenvalue weighted by Gasteiger charge is 2.18. The van der Waals surface area contributed by atoms with Crippen LogP contribution in [0.1, 0.15) is 28.8 Å². The van der Waals surface area contributed by atoms with Crippen LogP contribution in [0.25, 0.3) is 11.5 Å². The van der Waals surface area contributed by atoms with E-state index in [1.807, 2.05) is 0 Å². The first-order valence-corrected chi connectivity index (χ1v) is 6.14. The Morgan fingerprint density at radius 2 is 2.05 bits per heavy atom. The van der Waals surface area contributed by atoms with Crippen LogP contribution in [0.5, 0.6) is 0 Å². The summed E-state index contributed by atoms with van der Waals surface area (Å²) in [5.74, 6) is 0.533. The third-order valence-electron chi connectivity index (χ3n) is 2.60. The van der Waals surface area contributed by atoms with Gasteiger partial charge in [0.15, 0.2) is 5.82 Å². The van der Waals surface area contributed by atoms with Crippen LogP contribution in [0.3, 0.4) is 0 Å². The topological polar surface area (TPSA) is 104 Å². The quantitative estimate of drug-likeness (QED) is 0.840. The monoisotopic (exact) mass is 273 g/mol. The number of rotatable bonds is 3. The second-order valence-electron chi connectivity index (χ2n) is 4.10. The maximum atomic E-state index is 11.8. The molecule has 0 amide bonds. The van der Waals surface area contributed by atoms with Crippen LogP contribution in [0.4, 0.5) is 5.82 Å². The van der Waals surface area contributed by atoms with E-state index in [-0.39, 0.29) is 18.0 Å². The van der Waals surface area contributed by atoms with Crippen LogP contribution in [-0.2, 0) is 4.74 Å². The minimum Gasteiger partial charge on any atom is -0.462 e. The zero-order valence-electron chi connectivity index (χ0n) is 11.5. The molecule has 104 valence electrons. The van der Waals surface area contributed by atoms with E-state index in [1.54, 1.807) is 33.0 Å². The number of hydrogen-bond acceptors (Lipinski definition) is 7. The third-order valence-corrected chi connectivity index (χ3v) is 2.60. The fourth-order valence-electron chi connectivity index (χ4n) is 1.75. The molecule has 0 saturated carbocycles. The van der Waals surface area contributed by atoms with Crippen LogP contribution in [0.15, 0.2) is 12.3 Å². The number of nitrogen functional groups attached to an aromatic ring is 1. The Labute approximate surface area is 116 Å². The standard InChI is InChI=1S/C13H15N5O2/c1-4-20-13(19)10-7(2)16-12(18-11(10)14)9-5-6-15-8(3)17-9/h5-6H,4H2,1-3H3,(H2,14,16,18). The molecule has 0 aliphatic rings. The minimum absolute atomic E-state index is 0.0854. The summed E-state index contributed by atoms with van der Waals surface area (Å²) in [6.45, 7) is 5.45. The van der Waals surface area contributed by atoms with Crippen molar-refractivity contribution >= 4 is 11.8 Å². The summed E-state index contributed by atoms with van der Waals surface area (Å²) in [6.07, 6.45) is 1.62. The fraction of sp³-hybridized carbons (Fsp3) is 0.308. The van der Waals surface area contributed by atoms with Crippen LogP contribution in [0.2, 0.25) is 0 Å². The van der Waals surface area contributed by atoms with Crippen LogP contribution in [-0.4, -0.2) is 32.5 Å². The summed E-state index contributed by atoms with van der Waals surface area (Å²) >= 11 is 0. The molecule has 0 aliphatic heterocycles. The molecule has 0 fully saturated rings. The van der Waals surface area contributed by atoms with Gasteiger partial charge in [-0.05, 0) is 26.8 Å². The average Bonchev–Trinajstić information content (AvgIpc) is 2.38. The largest absolute Gasteiger partial charge is 0.462 e. The van der Waals surface area contributed by atoms with Gasteiger partial charge in [0, 0.05) is 6.20 Å². The summed E-state index contributed by atoms with van der Waals surface area (Å²) in [6, 6.07) is 1.69. The number of esters is 1. The highest BCUT2D eigenvalue weighted by Crippen LogP contribution is 2.19. The summed E-state index contributed by atoms with van der Waals surface area (Å²) in [7, 11) is 0. The number of carbonyl (C=O) groups excluding carboxylic acids is 1. The number of aromatic nitrogens is 4. The molecule has 0 bridgehead atoms. The molecule has 2 heterocycles. The van der Waals surface area contributed by atoms with Crippen LogP contribution < -0.4 is 5.73 Å². The molecule has 2 rings (SSSR count). The lowest BCUT2D eigenvalue weighted by atomic mass is 10.2. The Hall–Kier alpha value is -2.57. The van der Waals surface area contributed by atoms with E-state index >= 15 is 0 Å². The Bertz CT molecular complexity index is 634. The van der Waals surface area contributed by atoms with Crippen molar-refractivity contribution in [2.45, 2.75) is 20.8 Å². The Kier molecular flexibility index (Phi) is 3.88. The van der Waals surface area contributed by atoms with Gasteiger partial charge in [-0.3, -0.25) is 0 Å². The zero-order chi connectivity index (χ0) is 14.7. The first-order valence-electron chi connectivity index (χ1n) is 6.14. The maximum absolute atomic E-state index is 11.8. The molecule has 0 saturated heterocycles. The Morgan fingerprint density at radius 3 is 2.65 bits per heavy atom. The summed E-state index contributed by atoms with van der Waals surface area (Å²) in [4.78, 5) is 28.4. The van der Waals surface area contributed by atoms with Gasteiger partial charge in [0.2, 0.25) is 0 Å². The van der Waals surface area contributed by atoms with E-state index in [1.165, 1.54) is 0 Å². The van der Waals surface area contributed by atoms with Gasteiger partial charge in [0.25, 0.3) is 0 Å². The predicted octanol–water partition coefficient (Wildman–Crippen LogP) is 1.31. The Morgan fingerprint density at radius 1 is 1.30 bits per heavy atom. The lowest BCUT2D eigenvalue weighted by Crippen LogP contribution is -2.14. The molecule has 2 N–H and O–H groups in total. The molecule has 0 spiro atoms. The van der Waals surface area contributed by atoms with Gasteiger partial charge in [-0.25, -0.2) is 24.7 Å². The van der Waals surface area contributed by atoms with Crippen molar-refractivity contribution in [2.24, 2.45) is 0 Å². The van der Waals surface area contributed by atoms with Gasteiger partial charge >= 0.3 is 5.97 Å². The molecule has 2 aromatic heterocycles. The van der Waals surface area contributed by atoms with Gasteiger partial charge < -0.3 is 10.5 Å². The zero-order valence-corrected chi connectivity index (χ0v) is 11.5. The highest BCUT2D eigenvalue weighted by atomic mass is 16.5. The van der Waals surface area contributed by atoms with E-state index in [4.69, 9.17) is 10.5 Å². The number of anilines is 1. The molecule has 0 aliphatic carbocycles. The van der Waals surface area contributed by atoms with Gasteiger partial charge in [-0.15, -0.1) is 0 Å². The van der Waals surface area contributed by atoms with E-state index in [2.05, 4.69) is 19.9 Å². The first kappa shape index (κ1) is 13.9. The molecule has 2 aromatic rings. The molecule has 0 atom stereocenters. The van der Waals surface area contributed by atoms with Crippen molar-refractivity contribution in [3.8, 4) is 11.5 Å². The molecule has 0 aromatic carbocycles. The van der Waals surface area contributed by atoms with E-state index in [9.17, 15) is 4.79 Å².